The smallest absolute Gasteiger partial charge is 0.277 e. The van der Waals surface area contributed by atoms with E-state index in [2.05, 4.69) is 14.8 Å². The van der Waals surface area contributed by atoms with Crippen molar-refractivity contribution in [1.29, 1.82) is 0 Å². The van der Waals surface area contributed by atoms with Crippen molar-refractivity contribution < 1.29 is 8.42 Å². The topological polar surface area (TPSA) is 70.2 Å². The first-order chi connectivity index (χ1) is 11.0. The van der Waals surface area contributed by atoms with E-state index >= 15 is 0 Å². The standard InChI is InChI=1S/C17H27N3O2S/c1-14(2)12-18-16-10-6-7-11-17(16)20-23(21,22)19-13-15-8-4-3-5-9-15/h3-5,8-9,12,16-20H,6-7,10-11,13H2,1-2H3/t16-,17-/m1/s1. The third kappa shape index (κ3) is 6.33. The Labute approximate surface area is 139 Å². The van der Waals surface area contributed by atoms with Crippen molar-refractivity contribution in [3.63, 3.8) is 0 Å². The predicted octanol–water partition coefficient (Wildman–Crippen LogP) is 2.44. The van der Waals surface area contributed by atoms with Gasteiger partial charge in [-0.05, 0) is 38.5 Å². The molecule has 1 saturated carbocycles. The fourth-order valence-corrected chi connectivity index (χ4v) is 3.88. The van der Waals surface area contributed by atoms with Gasteiger partial charge < -0.3 is 5.32 Å². The first-order valence-electron chi connectivity index (χ1n) is 8.16. The maximum absolute atomic E-state index is 12.3. The van der Waals surface area contributed by atoms with Gasteiger partial charge in [0, 0.05) is 18.6 Å². The largest absolute Gasteiger partial charge is 0.387 e. The maximum Gasteiger partial charge on any atom is 0.277 e. The Balaban J connectivity index is 1.92. The summed E-state index contributed by atoms with van der Waals surface area (Å²) >= 11 is 0. The van der Waals surface area contributed by atoms with Crippen LogP contribution in [0.1, 0.15) is 45.1 Å². The second-order valence-electron chi connectivity index (χ2n) is 6.31. The van der Waals surface area contributed by atoms with Gasteiger partial charge in [0.25, 0.3) is 10.2 Å². The lowest BCUT2D eigenvalue weighted by Gasteiger charge is -2.32. The summed E-state index contributed by atoms with van der Waals surface area (Å²) in [4.78, 5) is 0. The van der Waals surface area contributed by atoms with E-state index in [1.165, 1.54) is 5.57 Å². The Morgan fingerprint density at radius 2 is 1.78 bits per heavy atom. The monoisotopic (exact) mass is 337 g/mol. The van der Waals surface area contributed by atoms with Crippen LogP contribution in [0.4, 0.5) is 0 Å². The number of allylic oxidation sites excluding steroid dienone is 1. The van der Waals surface area contributed by atoms with Crippen LogP contribution in [-0.4, -0.2) is 20.5 Å². The summed E-state index contributed by atoms with van der Waals surface area (Å²) in [5, 5.41) is 3.35. The Morgan fingerprint density at radius 3 is 2.43 bits per heavy atom. The first-order valence-corrected chi connectivity index (χ1v) is 9.65. The second kappa shape index (κ2) is 8.47. The highest BCUT2D eigenvalue weighted by atomic mass is 32.2. The molecule has 1 fully saturated rings. The molecule has 1 aromatic carbocycles. The average molecular weight is 337 g/mol. The quantitative estimate of drug-likeness (QED) is 0.716. The molecule has 1 aliphatic rings. The van der Waals surface area contributed by atoms with Gasteiger partial charge in [0.1, 0.15) is 0 Å². The van der Waals surface area contributed by atoms with Crippen LogP contribution in [0.5, 0.6) is 0 Å². The molecular formula is C17H27N3O2S. The molecule has 1 aliphatic carbocycles. The molecule has 0 spiro atoms. The minimum Gasteiger partial charge on any atom is -0.387 e. The van der Waals surface area contributed by atoms with E-state index < -0.39 is 10.2 Å². The highest BCUT2D eigenvalue weighted by molar-refractivity contribution is 7.87. The van der Waals surface area contributed by atoms with Gasteiger partial charge in [0.15, 0.2) is 0 Å². The lowest BCUT2D eigenvalue weighted by atomic mass is 9.91. The van der Waals surface area contributed by atoms with Gasteiger partial charge >= 0.3 is 0 Å². The van der Waals surface area contributed by atoms with E-state index in [1.54, 1.807) is 0 Å². The fraction of sp³-hybridized carbons (Fsp3) is 0.529. The van der Waals surface area contributed by atoms with Crippen molar-refractivity contribution in [3.05, 3.63) is 47.7 Å². The molecule has 6 heteroatoms. The molecule has 0 unspecified atom stereocenters. The van der Waals surface area contributed by atoms with Gasteiger partial charge in [0.05, 0.1) is 0 Å². The molecule has 2 rings (SSSR count). The van der Waals surface area contributed by atoms with E-state index in [4.69, 9.17) is 0 Å². The summed E-state index contributed by atoms with van der Waals surface area (Å²) in [5.74, 6) is 0. The van der Waals surface area contributed by atoms with Crippen molar-refractivity contribution in [2.45, 2.75) is 58.2 Å². The zero-order valence-corrected chi connectivity index (χ0v) is 14.7. The van der Waals surface area contributed by atoms with Crippen LogP contribution in [0.2, 0.25) is 0 Å². The normalized spacial score (nSPS) is 21.7. The fourth-order valence-electron chi connectivity index (χ4n) is 2.76. The number of hydrogen-bond donors (Lipinski definition) is 3. The van der Waals surface area contributed by atoms with Gasteiger partial charge in [-0.2, -0.15) is 17.9 Å². The predicted molar refractivity (Wildman–Crippen MR) is 93.9 cm³/mol. The van der Waals surface area contributed by atoms with Crippen molar-refractivity contribution in [2.75, 3.05) is 0 Å². The summed E-state index contributed by atoms with van der Waals surface area (Å²) in [7, 11) is -3.51. The van der Waals surface area contributed by atoms with Gasteiger partial charge in [-0.1, -0.05) is 48.7 Å². The van der Waals surface area contributed by atoms with Gasteiger partial charge in [0.2, 0.25) is 0 Å². The molecule has 0 radical (unpaired) electrons. The third-order valence-corrected chi connectivity index (χ3v) is 5.11. The maximum atomic E-state index is 12.3. The van der Waals surface area contributed by atoms with Crippen molar-refractivity contribution in [2.24, 2.45) is 0 Å². The zero-order valence-electron chi connectivity index (χ0n) is 13.9. The van der Waals surface area contributed by atoms with Gasteiger partial charge in [-0.25, -0.2) is 0 Å². The summed E-state index contributed by atoms with van der Waals surface area (Å²) in [6, 6.07) is 9.59. The summed E-state index contributed by atoms with van der Waals surface area (Å²) in [6.45, 7) is 4.35. The zero-order chi connectivity index (χ0) is 16.7. The molecule has 0 heterocycles. The van der Waals surface area contributed by atoms with E-state index in [1.807, 2.05) is 50.4 Å². The summed E-state index contributed by atoms with van der Waals surface area (Å²) in [6.07, 6.45) is 5.99. The third-order valence-electron chi connectivity index (χ3n) is 3.97. The minimum absolute atomic E-state index is 0.0763. The van der Waals surface area contributed by atoms with Crippen LogP contribution in [0.25, 0.3) is 0 Å². The lowest BCUT2D eigenvalue weighted by Crippen LogP contribution is -2.52. The van der Waals surface area contributed by atoms with E-state index in [0.29, 0.717) is 6.54 Å². The molecule has 128 valence electrons. The molecule has 3 N–H and O–H groups in total. The molecule has 0 aromatic heterocycles. The first kappa shape index (κ1) is 18.0. The van der Waals surface area contributed by atoms with Crippen molar-refractivity contribution in [3.8, 4) is 0 Å². The molecule has 1 aromatic rings. The van der Waals surface area contributed by atoms with E-state index in [9.17, 15) is 8.42 Å². The average Bonchev–Trinajstić information content (AvgIpc) is 2.53. The molecule has 2 atom stereocenters. The van der Waals surface area contributed by atoms with Crippen LogP contribution in [0.3, 0.4) is 0 Å². The van der Waals surface area contributed by atoms with Gasteiger partial charge in [-0.15, -0.1) is 0 Å². The molecule has 5 nitrogen and oxygen atoms in total. The summed E-state index contributed by atoms with van der Waals surface area (Å²) in [5.41, 5.74) is 2.13. The molecule has 0 amide bonds. The highest BCUT2D eigenvalue weighted by Crippen LogP contribution is 2.19. The number of hydrogen-bond acceptors (Lipinski definition) is 3. The van der Waals surface area contributed by atoms with Crippen LogP contribution >= 0.6 is 0 Å². The van der Waals surface area contributed by atoms with Crippen molar-refractivity contribution >= 4 is 10.2 Å². The van der Waals surface area contributed by atoms with E-state index in [0.717, 1.165) is 31.2 Å². The number of benzene rings is 1. The number of rotatable bonds is 7. The van der Waals surface area contributed by atoms with Crippen LogP contribution < -0.4 is 14.8 Å². The SMILES string of the molecule is CC(C)=CN[C@@H]1CCCC[C@H]1NS(=O)(=O)NCc1ccccc1. The molecule has 0 saturated heterocycles. The Morgan fingerprint density at radius 1 is 1.13 bits per heavy atom. The lowest BCUT2D eigenvalue weighted by molar-refractivity contribution is 0.330. The Hall–Kier alpha value is -1.37. The van der Waals surface area contributed by atoms with E-state index in [-0.39, 0.29) is 12.1 Å². The number of nitrogens with one attached hydrogen (secondary N) is 3. The van der Waals surface area contributed by atoms with Crippen LogP contribution in [0, 0.1) is 0 Å². The minimum atomic E-state index is -3.51. The Bertz CT molecular complexity index is 610. The molecular weight excluding hydrogens is 310 g/mol. The molecule has 0 aliphatic heterocycles. The second-order valence-corrected chi connectivity index (χ2v) is 7.85. The van der Waals surface area contributed by atoms with Crippen LogP contribution in [0.15, 0.2) is 42.1 Å². The molecule has 0 bridgehead atoms. The molecule has 23 heavy (non-hydrogen) atoms. The summed E-state index contributed by atoms with van der Waals surface area (Å²) < 4.78 is 30.0. The van der Waals surface area contributed by atoms with Gasteiger partial charge in [-0.3, -0.25) is 0 Å². The highest BCUT2D eigenvalue weighted by Gasteiger charge is 2.27. The van der Waals surface area contributed by atoms with Crippen LogP contribution in [-0.2, 0) is 16.8 Å². The Kier molecular flexibility index (Phi) is 6.62. The van der Waals surface area contributed by atoms with Crippen molar-refractivity contribution in [1.82, 2.24) is 14.8 Å².